The molecular weight excluding hydrogens is 307 g/mol. The minimum atomic E-state index is -0.551. The van der Waals surface area contributed by atoms with Gasteiger partial charge in [-0.2, -0.15) is 5.26 Å². The Bertz CT molecular complexity index is 652. The molecule has 4 N–H and O–H groups in total. The molecule has 0 aliphatic carbocycles. The van der Waals surface area contributed by atoms with Gasteiger partial charge in [0.15, 0.2) is 6.23 Å². The van der Waals surface area contributed by atoms with Gasteiger partial charge in [0, 0.05) is 28.5 Å². The average Bonchev–Trinajstić information content (AvgIpc) is 2.89. The molecule has 2 heterocycles. The molecule has 4 unspecified atom stereocenters. The van der Waals surface area contributed by atoms with Crippen molar-refractivity contribution < 1.29 is 9.13 Å². The molecule has 2 aliphatic rings. The first-order valence-corrected chi connectivity index (χ1v) is 7.47. The molecule has 0 bridgehead atoms. The Hall–Kier alpha value is -1.81. The van der Waals surface area contributed by atoms with Crippen molar-refractivity contribution >= 4 is 11.6 Å². The SMILES string of the molecule is CCC1NNC2OC(N)=C(C#N)C(c3c(F)cccc3Cl)C12. The van der Waals surface area contributed by atoms with Crippen LogP contribution in [-0.4, -0.2) is 12.3 Å². The molecule has 3 rings (SSSR count). The monoisotopic (exact) mass is 322 g/mol. The molecule has 1 aromatic carbocycles. The minimum absolute atomic E-state index is 0.0131. The average molecular weight is 323 g/mol. The predicted octanol–water partition coefficient (Wildman–Crippen LogP) is 2.12. The molecule has 1 aromatic rings. The van der Waals surface area contributed by atoms with Gasteiger partial charge in [-0.05, 0) is 18.6 Å². The molecule has 2 aliphatic heterocycles. The number of ether oxygens (including phenoxy) is 1. The lowest BCUT2D eigenvalue weighted by Gasteiger charge is -2.36. The Kier molecular flexibility index (Phi) is 3.96. The van der Waals surface area contributed by atoms with Gasteiger partial charge in [-0.25, -0.2) is 9.82 Å². The van der Waals surface area contributed by atoms with Crippen molar-refractivity contribution in [2.24, 2.45) is 11.7 Å². The summed E-state index contributed by atoms with van der Waals surface area (Å²) in [7, 11) is 0. The van der Waals surface area contributed by atoms with Crippen molar-refractivity contribution in [1.82, 2.24) is 10.9 Å². The summed E-state index contributed by atoms with van der Waals surface area (Å²) in [6, 6.07) is 6.58. The lowest BCUT2D eigenvalue weighted by atomic mass is 9.75. The third-order valence-electron chi connectivity index (χ3n) is 4.31. The summed E-state index contributed by atoms with van der Waals surface area (Å²) >= 11 is 6.22. The summed E-state index contributed by atoms with van der Waals surface area (Å²) < 4.78 is 20.0. The largest absolute Gasteiger partial charge is 0.458 e. The van der Waals surface area contributed by atoms with Crippen LogP contribution in [0.2, 0.25) is 5.02 Å². The van der Waals surface area contributed by atoms with Gasteiger partial charge in [0.1, 0.15) is 11.9 Å². The van der Waals surface area contributed by atoms with Crippen LogP contribution in [0.15, 0.2) is 29.7 Å². The van der Waals surface area contributed by atoms with E-state index in [1.54, 1.807) is 12.1 Å². The number of nitrogens with one attached hydrogen (secondary N) is 2. The molecular formula is C15H16ClFN4O. The zero-order valence-corrected chi connectivity index (χ0v) is 12.7. The van der Waals surface area contributed by atoms with E-state index in [-0.39, 0.29) is 28.4 Å². The molecule has 5 nitrogen and oxygen atoms in total. The van der Waals surface area contributed by atoms with Gasteiger partial charge in [0.25, 0.3) is 0 Å². The lowest BCUT2D eigenvalue weighted by Crippen LogP contribution is -2.41. The molecule has 0 saturated carbocycles. The van der Waals surface area contributed by atoms with E-state index in [1.807, 2.05) is 6.92 Å². The third kappa shape index (κ3) is 2.22. The van der Waals surface area contributed by atoms with Gasteiger partial charge >= 0.3 is 0 Å². The first kappa shape index (κ1) is 15.1. The molecule has 1 saturated heterocycles. The quantitative estimate of drug-likeness (QED) is 0.777. The Balaban J connectivity index is 2.19. The first-order chi connectivity index (χ1) is 10.6. The number of rotatable bonds is 2. The summed E-state index contributed by atoms with van der Waals surface area (Å²) in [5.74, 6) is -1.16. The maximum absolute atomic E-state index is 14.4. The van der Waals surface area contributed by atoms with Gasteiger partial charge in [-0.1, -0.05) is 24.6 Å². The number of hydrogen-bond donors (Lipinski definition) is 3. The van der Waals surface area contributed by atoms with Crippen molar-refractivity contribution in [2.45, 2.75) is 31.5 Å². The number of nitriles is 1. The lowest BCUT2D eigenvalue weighted by molar-refractivity contribution is 0.0335. The normalized spacial score (nSPS) is 30.6. The Morgan fingerprint density at radius 3 is 2.86 bits per heavy atom. The standard InChI is InChI=1S/C15H16ClFN4O/c1-2-10-13-11(12-8(16)4-3-5-9(12)17)7(6-18)14(19)22-15(13)21-20-10/h3-5,10-11,13,15,20-21H,2,19H2,1H3. The number of benzene rings is 1. The highest BCUT2D eigenvalue weighted by molar-refractivity contribution is 6.31. The van der Waals surface area contributed by atoms with Crippen molar-refractivity contribution in [3.8, 4) is 6.07 Å². The number of halogens is 2. The van der Waals surface area contributed by atoms with Crippen LogP contribution in [0.1, 0.15) is 24.8 Å². The predicted molar refractivity (Wildman–Crippen MR) is 79.7 cm³/mol. The molecule has 22 heavy (non-hydrogen) atoms. The molecule has 0 amide bonds. The van der Waals surface area contributed by atoms with Crippen LogP contribution in [0.5, 0.6) is 0 Å². The van der Waals surface area contributed by atoms with Crippen LogP contribution >= 0.6 is 11.6 Å². The number of hydrogen-bond acceptors (Lipinski definition) is 5. The molecule has 1 fully saturated rings. The van der Waals surface area contributed by atoms with E-state index in [0.29, 0.717) is 5.56 Å². The zero-order valence-electron chi connectivity index (χ0n) is 11.9. The highest BCUT2D eigenvalue weighted by atomic mass is 35.5. The maximum atomic E-state index is 14.4. The fourth-order valence-electron chi connectivity index (χ4n) is 3.30. The van der Waals surface area contributed by atoms with Crippen molar-refractivity contribution in [3.05, 3.63) is 46.1 Å². The fourth-order valence-corrected chi connectivity index (χ4v) is 3.58. The number of allylic oxidation sites excluding steroid dienone is 1. The maximum Gasteiger partial charge on any atom is 0.200 e. The topological polar surface area (TPSA) is 83.1 Å². The number of hydrazine groups is 1. The Morgan fingerprint density at radius 1 is 1.45 bits per heavy atom. The second kappa shape index (κ2) is 5.76. The van der Waals surface area contributed by atoms with Gasteiger partial charge in [-0.15, -0.1) is 0 Å². The summed E-state index contributed by atoms with van der Waals surface area (Å²) in [4.78, 5) is 0. The Labute approximate surface area is 132 Å². The van der Waals surface area contributed by atoms with Crippen molar-refractivity contribution in [2.75, 3.05) is 0 Å². The van der Waals surface area contributed by atoms with E-state index in [2.05, 4.69) is 16.9 Å². The van der Waals surface area contributed by atoms with Crippen LogP contribution in [0, 0.1) is 23.1 Å². The molecule has 0 spiro atoms. The first-order valence-electron chi connectivity index (χ1n) is 7.09. The highest BCUT2D eigenvalue weighted by Crippen LogP contribution is 2.46. The van der Waals surface area contributed by atoms with Gasteiger partial charge in [0.2, 0.25) is 5.88 Å². The molecule has 0 radical (unpaired) electrons. The fraction of sp³-hybridized carbons (Fsp3) is 0.400. The van der Waals surface area contributed by atoms with E-state index < -0.39 is 18.0 Å². The van der Waals surface area contributed by atoms with Crippen molar-refractivity contribution in [1.29, 1.82) is 5.26 Å². The van der Waals surface area contributed by atoms with E-state index >= 15 is 0 Å². The van der Waals surface area contributed by atoms with Crippen LogP contribution in [-0.2, 0) is 4.74 Å². The van der Waals surface area contributed by atoms with E-state index in [4.69, 9.17) is 22.1 Å². The molecule has 0 aromatic heterocycles. The summed E-state index contributed by atoms with van der Waals surface area (Å²) in [5, 5.41) is 9.76. The number of fused-ring (bicyclic) bond motifs is 1. The number of nitrogens with zero attached hydrogens (tertiary/aromatic N) is 1. The smallest absolute Gasteiger partial charge is 0.200 e. The highest BCUT2D eigenvalue weighted by Gasteiger charge is 2.49. The molecule has 4 atom stereocenters. The summed E-state index contributed by atoms with van der Waals surface area (Å²) in [5.41, 5.74) is 12.5. The van der Waals surface area contributed by atoms with E-state index in [0.717, 1.165) is 6.42 Å². The Morgan fingerprint density at radius 2 is 2.23 bits per heavy atom. The second-order valence-electron chi connectivity index (χ2n) is 5.42. The van der Waals surface area contributed by atoms with E-state index in [9.17, 15) is 9.65 Å². The molecule has 116 valence electrons. The third-order valence-corrected chi connectivity index (χ3v) is 4.64. The van der Waals surface area contributed by atoms with Crippen LogP contribution in [0.4, 0.5) is 4.39 Å². The van der Waals surface area contributed by atoms with Crippen molar-refractivity contribution in [3.63, 3.8) is 0 Å². The van der Waals surface area contributed by atoms with Crippen LogP contribution in [0.25, 0.3) is 0 Å². The van der Waals surface area contributed by atoms with Gasteiger partial charge in [-0.3, -0.25) is 5.43 Å². The molecule has 7 heteroatoms. The summed E-state index contributed by atoms with van der Waals surface area (Å²) in [6.07, 6.45) is 0.362. The second-order valence-corrected chi connectivity index (χ2v) is 5.83. The minimum Gasteiger partial charge on any atom is -0.458 e. The zero-order chi connectivity index (χ0) is 15.9. The van der Waals surface area contributed by atoms with Gasteiger partial charge in [0.05, 0.1) is 5.57 Å². The van der Waals surface area contributed by atoms with Crippen LogP contribution < -0.4 is 16.6 Å². The van der Waals surface area contributed by atoms with Gasteiger partial charge < -0.3 is 10.5 Å². The summed E-state index contributed by atoms with van der Waals surface area (Å²) in [6.45, 7) is 2.01. The number of nitrogens with two attached hydrogens (primary N) is 1. The van der Waals surface area contributed by atoms with E-state index in [1.165, 1.54) is 6.07 Å². The van der Waals surface area contributed by atoms with Crippen LogP contribution in [0.3, 0.4) is 0 Å².